The Labute approximate surface area is 335 Å². The number of piperidine rings is 1. The van der Waals surface area contributed by atoms with Gasteiger partial charge in [0.25, 0.3) is 0 Å². The fraction of sp³-hybridized carbons (Fsp3) is 0.415. The number of carbonyl (C=O) groups is 2. The Balaban J connectivity index is 0.000000161. The molecule has 3 heterocycles. The third kappa shape index (κ3) is 7.12. The number of hydrogen-bond donors (Lipinski definition) is 3. The van der Waals surface area contributed by atoms with E-state index in [0.717, 1.165) is 66.6 Å². The van der Waals surface area contributed by atoms with Crippen molar-refractivity contribution in [1.82, 2.24) is 9.55 Å². The molecular formula is C41H40Cl3F3N4O5. The lowest BCUT2D eigenvalue weighted by atomic mass is 9.58. The first-order valence-electron chi connectivity index (χ1n) is 18.4. The van der Waals surface area contributed by atoms with Crippen LogP contribution in [-0.2, 0) is 4.79 Å². The number of carboxylic acids is 1. The van der Waals surface area contributed by atoms with E-state index < -0.39 is 40.0 Å². The van der Waals surface area contributed by atoms with Crippen LogP contribution in [0.2, 0.25) is 0 Å². The molecule has 0 amide bonds. The van der Waals surface area contributed by atoms with Crippen LogP contribution < -0.4 is 16.1 Å². The van der Waals surface area contributed by atoms with Crippen LogP contribution in [0.15, 0.2) is 80.2 Å². The highest BCUT2D eigenvalue weighted by Gasteiger charge is 2.57. The molecule has 0 spiro atoms. The number of aromatic carboxylic acids is 1. The normalized spacial score (nSPS) is 29.5. The van der Waals surface area contributed by atoms with E-state index in [1.807, 2.05) is 13.0 Å². The van der Waals surface area contributed by atoms with Crippen molar-refractivity contribution in [2.75, 3.05) is 18.0 Å². The van der Waals surface area contributed by atoms with Gasteiger partial charge in [-0.2, -0.15) is 0 Å². The molecule has 296 valence electrons. The molecule has 0 radical (unpaired) electrons. The minimum absolute atomic E-state index is 0.0272. The van der Waals surface area contributed by atoms with Gasteiger partial charge in [-0.25, -0.2) is 22.9 Å². The van der Waals surface area contributed by atoms with E-state index in [0.29, 0.717) is 43.2 Å². The molecule has 3 fully saturated rings. The van der Waals surface area contributed by atoms with Crippen LogP contribution in [0.4, 0.5) is 19.0 Å². The maximum atomic E-state index is 14.8. The molecular weight excluding hydrogens is 792 g/mol. The predicted octanol–water partition coefficient (Wildman–Crippen LogP) is 8.12. The summed E-state index contributed by atoms with van der Waals surface area (Å²) in [5.74, 6) is -2.28. The molecule has 4 N–H and O–H groups in total. The van der Waals surface area contributed by atoms with E-state index in [1.165, 1.54) is 16.7 Å². The van der Waals surface area contributed by atoms with Crippen LogP contribution in [0.3, 0.4) is 0 Å². The molecule has 5 aliphatic carbocycles. The summed E-state index contributed by atoms with van der Waals surface area (Å²) >= 11 is 14.8. The molecule has 1 aromatic carbocycles. The number of aromatic nitrogens is 2. The average Bonchev–Trinajstić information content (AvgIpc) is 3.41. The fourth-order valence-electron chi connectivity index (χ4n) is 9.43. The van der Waals surface area contributed by atoms with Crippen molar-refractivity contribution >= 4 is 63.4 Å². The summed E-state index contributed by atoms with van der Waals surface area (Å²) in [6.07, 6.45) is 13.1. The third-order valence-electron chi connectivity index (χ3n) is 12.7. The predicted molar refractivity (Wildman–Crippen MR) is 210 cm³/mol. The minimum Gasteiger partial charge on any atom is -0.477 e. The lowest BCUT2D eigenvalue weighted by Gasteiger charge is -2.47. The second kappa shape index (κ2) is 15.1. The number of hydrogen-bond acceptors (Lipinski definition) is 7. The Morgan fingerprint density at radius 3 is 2.38 bits per heavy atom. The number of allylic oxidation sites excluding steroid dienone is 5. The Morgan fingerprint density at radius 1 is 1.04 bits per heavy atom. The molecule has 9 rings (SSSR count). The molecule has 2 aromatic heterocycles. The smallest absolute Gasteiger partial charge is 0.341 e. The number of benzene rings is 1. The quantitative estimate of drug-likeness (QED) is 0.241. The molecule has 56 heavy (non-hydrogen) atoms. The first-order valence-corrected chi connectivity index (χ1v) is 19.6. The van der Waals surface area contributed by atoms with Gasteiger partial charge in [0, 0.05) is 48.8 Å². The minimum atomic E-state index is -1.56. The number of ketones is 1. The standard InChI is InChI=1S/C20H15F3N4O3.C19H24O2.C2HCl3/c21-8-1-2-15(13(22)3-8)27-7-12(20(29)30)17(28)9-4-14(23)19(25-18(9)27)26-5-10-11(6-26)16(10)24;1-18-9-7-15-14-6-4-13(20)11-12(14)3-5-16(15)17(18)8-10-19(18,2)21;3-1-2(4)5/h1-4,7,10-11,16H,5-6,24H2,(H,29,30);7,9,11,16-17,21H,3-6,8,10H2,1-2H3;1H/t10-,11+,16?;16-,17+,18+,19+;/m.1./s1. The van der Waals surface area contributed by atoms with Crippen LogP contribution in [0.1, 0.15) is 62.7 Å². The molecule has 9 nitrogen and oxygen atoms in total. The summed E-state index contributed by atoms with van der Waals surface area (Å²) in [4.78, 5) is 41.7. The molecule has 0 bridgehead atoms. The van der Waals surface area contributed by atoms with Gasteiger partial charge in [0.15, 0.2) is 23.1 Å². The summed E-state index contributed by atoms with van der Waals surface area (Å²) in [7, 11) is 0. The number of halogens is 6. The van der Waals surface area contributed by atoms with Crippen LogP contribution in [0.5, 0.6) is 0 Å². The van der Waals surface area contributed by atoms with Crippen LogP contribution in [0, 0.1) is 46.5 Å². The summed E-state index contributed by atoms with van der Waals surface area (Å²) < 4.78 is 43.8. The molecule has 1 saturated heterocycles. The Morgan fingerprint density at radius 2 is 1.73 bits per heavy atom. The first-order chi connectivity index (χ1) is 26.4. The second-order valence-electron chi connectivity index (χ2n) is 15.8. The SMILES string of the molecule is C[C@]1(O)CC[C@H]2[C@@H]3CCC4=CC(=O)CCC4=C3C=C[C@@]21C.ClC=C(Cl)Cl.NC1[C@H]2CN(c3nc4c(cc3F)c(=O)c(C(=O)O)cn4-c3ccc(F)cc3F)C[C@@H]12. The summed E-state index contributed by atoms with van der Waals surface area (Å²) in [6, 6.07) is 3.69. The summed E-state index contributed by atoms with van der Waals surface area (Å²) in [5.41, 5.74) is 8.56. The van der Waals surface area contributed by atoms with Crippen LogP contribution >= 0.6 is 34.8 Å². The monoisotopic (exact) mass is 830 g/mol. The molecule has 1 unspecified atom stereocenters. The van der Waals surface area contributed by atoms with Gasteiger partial charge in [-0.15, -0.1) is 0 Å². The molecule has 1 aliphatic heterocycles. The zero-order valence-electron chi connectivity index (χ0n) is 30.5. The number of nitrogens with two attached hydrogens (primary N) is 1. The number of pyridine rings is 2. The molecule has 7 atom stereocenters. The van der Waals surface area contributed by atoms with Crippen LogP contribution in [0.25, 0.3) is 16.7 Å². The maximum absolute atomic E-state index is 14.8. The van der Waals surface area contributed by atoms with Crippen molar-refractivity contribution in [2.24, 2.45) is 34.8 Å². The number of carboxylic acid groups (broad SMARTS) is 1. The Kier molecular flexibility index (Phi) is 10.9. The molecule has 2 saturated carbocycles. The summed E-state index contributed by atoms with van der Waals surface area (Å²) in [5, 5.41) is 19.8. The molecule has 15 heteroatoms. The fourth-order valence-corrected chi connectivity index (χ4v) is 9.43. The number of aliphatic hydroxyl groups is 1. The van der Waals surface area contributed by atoms with Crippen molar-refractivity contribution in [2.45, 2.75) is 64.0 Å². The van der Waals surface area contributed by atoms with E-state index in [4.69, 9.17) is 40.5 Å². The van der Waals surface area contributed by atoms with Crippen molar-refractivity contribution in [3.63, 3.8) is 0 Å². The topological polar surface area (TPSA) is 139 Å². The lowest BCUT2D eigenvalue weighted by Crippen LogP contribution is -2.45. The van der Waals surface area contributed by atoms with E-state index in [1.54, 1.807) is 4.90 Å². The van der Waals surface area contributed by atoms with Gasteiger partial charge in [-0.05, 0) is 104 Å². The first kappa shape index (κ1) is 40.3. The maximum Gasteiger partial charge on any atom is 0.341 e. The number of rotatable bonds is 3. The highest BCUT2D eigenvalue weighted by molar-refractivity contribution is 6.58. The third-order valence-corrected chi connectivity index (χ3v) is 13.4. The summed E-state index contributed by atoms with van der Waals surface area (Å²) in [6.45, 7) is 5.24. The van der Waals surface area contributed by atoms with E-state index in [2.05, 4.69) is 24.1 Å². The Bertz CT molecular complexity index is 2330. The zero-order valence-corrected chi connectivity index (χ0v) is 32.8. The van der Waals surface area contributed by atoms with Gasteiger partial charge in [0.2, 0.25) is 5.43 Å². The second-order valence-corrected chi connectivity index (χ2v) is 17.0. The van der Waals surface area contributed by atoms with Gasteiger partial charge in [-0.1, -0.05) is 53.9 Å². The highest BCUT2D eigenvalue weighted by Crippen LogP contribution is 2.60. The van der Waals surface area contributed by atoms with E-state index in [-0.39, 0.29) is 50.3 Å². The van der Waals surface area contributed by atoms with Crippen molar-refractivity contribution < 1.29 is 33.0 Å². The van der Waals surface area contributed by atoms with Crippen LogP contribution in [-0.4, -0.2) is 56.2 Å². The number of carbonyl (C=O) groups excluding carboxylic acids is 1. The highest BCUT2D eigenvalue weighted by atomic mass is 35.5. The number of fused-ring (bicyclic) bond motifs is 6. The van der Waals surface area contributed by atoms with Crippen molar-refractivity contribution in [1.29, 1.82) is 0 Å². The van der Waals surface area contributed by atoms with E-state index >= 15 is 0 Å². The van der Waals surface area contributed by atoms with Gasteiger partial charge in [0.05, 0.1) is 16.7 Å². The van der Waals surface area contributed by atoms with Gasteiger partial charge >= 0.3 is 5.97 Å². The van der Waals surface area contributed by atoms with Crippen molar-refractivity contribution in [3.8, 4) is 5.69 Å². The number of nitrogens with zero attached hydrogens (tertiary/aromatic N) is 3. The average molecular weight is 832 g/mol. The number of anilines is 1. The zero-order chi connectivity index (χ0) is 40.4. The lowest BCUT2D eigenvalue weighted by molar-refractivity contribution is -0.114. The molecule has 6 aliphatic rings. The van der Waals surface area contributed by atoms with Crippen molar-refractivity contribution in [3.05, 3.63) is 109 Å². The van der Waals surface area contributed by atoms with Gasteiger partial charge < -0.3 is 20.8 Å². The van der Waals surface area contributed by atoms with E-state index in [9.17, 15) is 37.8 Å². The van der Waals surface area contributed by atoms with Gasteiger partial charge in [-0.3, -0.25) is 14.2 Å². The molecule has 3 aromatic rings. The largest absolute Gasteiger partial charge is 0.477 e. The van der Waals surface area contributed by atoms with Gasteiger partial charge in [0.1, 0.15) is 21.7 Å². The Hall–Kier alpha value is -3.94.